The van der Waals surface area contributed by atoms with E-state index in [2.05, 4.69) is 15.7 Å². The van der Waals surface area contributed by atoms with Gasteiger partial charge in [0.1, 0.15) is 5.40 Å². The molecule has 2 aromatic carbocycles. The molecule has 6 heteroatoms. The number of nitriles is 1. The van der Waals surface area contributed by atoms with Crippen molar-refractivity contribution < 1.29 is 4.79 Å². The summed E-state index contributed by atoms with van der Waals surface area (Å²) in [6, 6.07) is 15.6. The molecule has 0 atom stereocenters. The van der Waals surface area contributed by atoms with Crippen LogP contribution < -0.4 is 5.32 Å². The molecule has 3 aromatic rings. The van der Waals surface area contributed by atoms with Crippen molar-refractivity contribution in [2.75, 3.05) is 5.32 Å². The summed E-state index contributed by atoms with van der Waals surface area (Å²) in [6.45, 7) is 0. The number of hydrogen-bond acceptors (Lipinski definition) is 5. The number of aryl methyl sites for hydroxylation is 1. The zero-order valence-electron chi connectivity index (χ0n) is 12.2. The lowest BCUT2D eigenvalue weighted by Crippen LogP contribution is -2.11. The summed E-state index contributed by atoms with van der Waals surface area (Å²) in [5, 5.41) is 14.2. The Morgan fingerprint density at radius 3 is 2.87 bits per heavy atom. The Hall–Kier alpha value is -2.36. The van der Waals surface area contributed by atoms with Crippen LogP contribution in [-0.4, -0.2) is 10.9 Å². The average Bonchev–Trinajstić information content (AvgIpc) is 2.95. The number of benzene rings is 2. The number of thioether (sulfide) groups is 1. The van der Waals surface area contributed by atoms with Gasteiger partial charge in [0.25, 0.3) is 0 Å². The summed E-state index contributed by atoms with van der Waals surface area (Å²) < 4.78 is 0.962. The van der Waals surface area contributed by atoms with Gasteiger partial charge in [0.15, 0.2) is 5.13 Å². The third kappa shape index (κ3) is 4.09. The summed E-state index contributed by atoms with van der Waals surface area (Å²) in [5.41, 5.74) is 1.97. The number of rotatable bonds is 5. The summed E-state index contributed by atoms with van der Waals surface area (Å²) in [5.74, 6) is -0.0421. The first kappa shape index (κ1) is 15.5. The Bertz CT molecular complexity index is 868. The molecule has 0 aliphatic heterocycles. The molecule has 114 valence electrons. The lowest BCUT2D eigenvalue weighted by Gasteiger charge is -2.01. The van der Waals surface area contributed by atoms with E-state index in [0.717, 1.165) is 32.4 Å². The van der Waals surface area contributed by atoms with Gasteiger partial charge in [-0.05, 0) is 41.9 Å². The number of thiocyanates is 1. The Kier molecular flexibility index (Phi) is 4.91. The van der Waals surface area contributed by atoms with Crippen molar-refractivity contribution in [2.45, 2.75) is 17.7 Å². The SMILES string of the molecule is N#CSc1ccc2nc(NC(=O)CCc3ccccc3)sc2c1. The Morgan fingerprint density at radius 2 is 2.09 bits per heavy atom. The predicted molar refractivity (Wildman–Crippen MR) is 94.5 cm³/mol. The van der Waals surface area contributed by atoms with Crippen LogP contribution in [0.25, 0.3) is 10.2 Å². The van der Waals surface area contributed by atoms with Crippen molar-refractivity contribution in [1.29, 1.82) is 5.26 Å². The summed E-state index contributed by atoms with van der Waals surface area (Å²) in [4.78, 5) is 17.3. The highest BCUT2D eigenvalue weighted by Crippen LogP contribution is 2.29. The van der Waals surface area contributed by atoms with E-state index >= 15 is 0 Å². The second-order valence-corrected chi connectivity index (χ2v) is 6.76. The first-order valence-corrected chi connectivity index (χ1v) is 8.68. The fraction of sp³-hybridized carbons (Fsp3) is 0.118. The lowest BCUT2D eigenvalue weighted by molar-refractivity contribution is -0.116. The van der Waals surface area contributed by atoms with Crippen LogP contribution in [0.1, 0.15) is 12.0 Å². The zero-order chi connectivity index (χ0) is 16.1. The average molecular weight is 339 g/mol. The molecule has 1 heterocycles. The molecule has 0 fully saturated rings. The molecule has 0 saturated heterocycles. The zero-order valence-corrected chi connectivity index (χ0v) is 13.8. The normalized spacial score (nSPS) is 10.4. The van der Waals surface area contributed by atoms with Gasteiger partial charge in [0, 0.05) is 11.3 Å². The van der Waals surface area contributed by atoms with Gasteiger partial charge in [0.05, 0.1) is 10.2 Å². The smallest absolute Gasteiger partial charge is 0.226 e. The van der Waals surface area contributed by atoms with E-state index in [9.17, 15) is 4.79 Å². The highest BCUT2D eigenvalue weighted by Gasteiger charge is 2.09. The summed E-state index contributed by atoms with van der Waals surface area (Å²) in [7, 11) is 0. The van der Waals surface area contributed by atoms with E-state index in [0.29, 0.717) is 18.0 Å². The van der Waals surface area contributed by atoms with Crippen molar-refractivity contribution in [3.05, 3.63) is 54.1 Å². The Morgan fingerprint density at radius 1 is 1.26 bits per heavy atom. The molecule has 0 spiro atoms. The molecule has 3 rings (SSSR count). The molecule has 0 unspecified atom stereocenters. The van der Waals surface area contributed by atoms with Crippen LogP contribution in [-0.2, 0) is 11.2 Å². The first-order valence-electron chi connectivity index (χ1n) is 7.05. The highest BCUT2D eigenvalue weighted by atomic mass is 32.2. The third-order valence-electron chi connectivity index (χ3n) is 3.25. The molecule has 0 radical (unpaired) electrons. The molecule has 1 aromatic heterocycles. The van der Waals surface area contributed by atoms with E-state index in [1.807, 2.05) is 48.5 Å². The van der Waals surface area contributed by atoms with Crippen molar-refractivity contribution >= 4 is 44.4 Å². The number of amides is 1. The van der Waals surface area contributed by atoms with Gasteiger partial charge in [-0.1, -0.05) is 41.7 Å². The van der Waals surface area contributed by atoms with Crippen LogP contribution in [0.5, 0.6) is 0 Å². The number of carbonyl (C=O) groups is 1. The molecule has 0 bridgehead atoms. The van der Waals surface area contributed by atoms with E-state index in [4.69, 9.17) is 5.26 Å². The standard InChI is InChI=1S/C17H13N3OS2/c18-11-22-13-7-8-14-15(10-13)23-17(19-14)20-16(21)9-6-12-4-2-1-3-5-12/h1-5,7-8,10H,6,9H2,(H,19,20,21). The van der Waals surface area contributed by atoms with Gasteiger partial charge >= 0.3 is 0 Å². The Labute approximate surface area is 142 Å². The number of thiazole rings is 1. The van der Waals surface area contributed by atoms with Gasteiger partial charge < -0.3 is 5.32 Å². The second-order valence-electron chi connectivity index (χ2n) is 4.88. The number of fused-ring (bicyclic) bond motifs is 1. The molecular formula is C17H13N3OS2. The van der Waals surface area contributed by atoms with E-state index < -0.39 is 0 Å². The minimum absolute atomic E-state index is 0.0421. The number of hydrogen-bond donors (Lipinski definition) is 1. The summed E-state index contributed by atoms with van der Waals surface area (Å²) in [6.07, 6.45) is 1.13. The fourth-order valence-corrected chi connectivity index (χ4v) is 3.57. The molecular weight excluding hydrogens is 326 g/mol. The third-order valence-corrected chi connectivity index (χ3v) is 4.77. The lowest BCUT2D eigenvalue weighted by atomic mass is 10.1. The molecule has 0 saturated carbocycles. The molecule has 4 nitrogen and oxygen atoms in total. The van der Waals surface area contributed by atoms with E-state index in [-0.39, 0.29) is 5.91 Å². The maximum atomic E-state index is 12.0. The minimum atomic E-state index is -0.0421. The first-order chi connectivity index (χ1) is 11.2. The van der Waals surface area contributed by atoms with Gasteiger partial charge in [-0.2, -0.15) is 5.26 Å². The van der Waals surface area contributed by atoms with Crippen LogP contribution in [0.4, 0.5) is 5.13 Å². The monoisotopic (exact) mass is 339 g/mol. The number of anilines is 1. The Balaban J connectivity index is 1.64. The topological polar surface area (TPSA) is 65.8 Å². The fourth-order valence-electron chi connectivity index (χ4n) is 2.16. The maximum absolute atomic E-state index is 12.0. The number of aromatic nitrogens is 1. The minimum Gasteiger partial charge on any atom is -0.302 e. The molecule has 0 aliphatic rings. The van der Waals surface area contributed by atoms with Crippen molar-refractivity contribution in [1.82, 2.24) is 4.98 Å². The van der Waals surface area contributed by atoms with Crippen LogP contribution in [0.15, 0.2) is 53.4 Å². The number of nitrogens with one attached hydrogen (secondary N) is 1. The largest absolute Gasteiger partial charge is 0.302 e. The van der Waals surface area contributed by atoms with Crippen molar-refractivity contribution in [3.63, 3.8) is 0 Å². The highest BCUT2D eigenvalue weighted by molar-refractivity contribution is 8.03. The summed E-state index contributed by atoms with van der Waals surface area (Å²) >= 11 is 2.54. The quantitative estimate of drug-likeness (QED) is 0.551. The van der Waals surface area contributed by atoms with Crippen molar-refractivity contribution in [3.8, 4) is 5.40 Å². The number of nitrogens with zero attached hydrogens (tertiary/aromatic N) is 2. The molecule has 0 aliphatic carbocycles. The predicted octanol–water partition coefficient (Wildman–Crippen LogP) is 4.44. The maximum Gasteiger partial charge on any atom is 0.226 e. The molecule has 1 amide bonds. The number of carbonyl (C=O) groups excluding carboxylic acids is 1. The van der Waals surface area contributed by atoms with Crippen LogP contribution >= 0.6 is 23.1 Å². The molecule has 1 N–H and O–H groups in total. The van der Waals surface area contributed by atoms with E-state index in [1.165, 1.54) is 11.3 Å². The van der Waals surface area contributed by atoms with Crippen LogP contribution in [0.2, 0.25) is 0 Å². The van der Waals surface area contributed by atoms with Gasteiger partial charge in [0.2, 0.25) is 5.91 Å². The van der Waals surface area contributed by atoms with Crippen LogP contribution in [0.3, 0.4) is 0 Å². The van der Waals surface area contributed by atoms with Crippen molar-refractivity contribution in [2.24, 2.45) is 0 Å². The van der Waals surface area contributed by atoms with Crippen LogP contribution in [0, 0.1) is 10.7 Å². The van der Waals surface area contributed by atoms with Gasteiger partial charge in [-0.3, -0.25) is 4.79 Å². The van der Waals surface area contributed by atoms with Gasteiger partial charge in [-0.15, -0.1) is 0 Å². The van der Waals surface area contributed by atoms with E-state index in [1.54, 1.807) is 0 Å². The molecule has 23 heavy (non-hydrogen) atoms. The van der Waals surface area contributed by atoms with Gasteiger partial charge in [-0.25, -0.2) is 4.98 Å². The second kappa shape index (κ2) is 7.27.